The first kappa shape index (κ1) is 15.7. The summed E-state index contributed by atoms with van der Waals surface area (Å²) in [6.07, 6.45) is 1.47. The van der Waals surface area contributed by atoms with Crippen molar-refractivity contribution in [2.45, 2.75) is 0 Å². The minimum atomic E-state index is -0.231. The number of phenolic OH excluding ortho intramolecular Hbond substituents is 1. The lowest BCUT2D eigenvalue weighted by atomic mass is 10.0. The van der Waals surface area contributed by atoms with E-state index in [4.69, 9.17) is 0 Å². The second-order valence-electron chi connectivity index (χ2n) is 3.89. The van der Waals surface area contributed by atoms with Gasteiger partial charge < -0.3 is 9.94 Å². The normalized spacial score (nSPS) is 10.1. The van der Waals surface area contributed by atoms with E-state index in [0.29, 0.717) is 11.1 Å². The highest BCUT2D eigenvalue weighted by Crippen LogP contribution is 2.21. The Morgan fingerprint density at radius 1 is 1.20 bits per heavy atom. The summed E-state index contributed by atoms with van der Waals surface area (Å²) in [4.78, 5) is 16.8. The molecule has 0 spiro atoms. The number of ketones is 1. The Balaban J connectivity index is 0.00000200. The van der Waals surface area contributed by atoms with Crippen LogP contribution in [0.1, 0.15) is 21.5 Å². The summed E-state index contributed by atoms with van der Waals surface area (Å²) in [5.74, 6) is -0.283. The summed E-state index contributed by atoms with van der Waals surface area (Å²) in [5, 5.41) is 13.4. The van der Waals surface area contributed by atoms with Gasteiger partial charge in [0.05, 0.1) is 11.8 Å². The first-order valence-corrected chi connectivity index (χ1v) is 5.71. The van der Waals surface area contributed by atoms with E-state index in [0.717, 1.165) is 0 Å². The molecular weight excluding hydrogens is 278 g/mol. The molecule has 0 bridgehead atoms. The van der Waals surface area contributed by atoms with E-state index in [9.17, 15) is 9.90 Å². The number of carbonyl (C=O) groups excluding carboxylic acids is 1. The Morgan fingerprint density at radius 2 is 1.90 bits per heavy atom. The second kappa shape index (κ2) is 7.31. The largest absolute Gasteiger partial charge is 0.507 e. The standard InChI is InChI=1S/C15H13NO3.ClH/c1-19-16-10-11-7-8-14(17)13(9-11)15(18)12-5-3-2-4-6-12;/h2-10,17H,1H3;1H/b16-10+;. The third-order valence-electron chi connectivity index (χ3n) is 2.61. The van der Waals surface area contributed by atoms with Crippen molar-refractivity contribution >= 4 is 24.4 Å². The third kappa shape index (κ3) is 3.59. The molecule has 20 heavy (non-hydrogen) atoms. The lowest BCUT2D eigenvalue weighted by molar-refractivity contribution is 0.103. The summed E-state index contributed by atoms with van der Waals surface area (Å²) in [6, 6.07) is 13.5. The van der Waals surface area contributed by atoms with Crippen molar-refractivity contribution in [1.82, 2.24) is 0 Å². The third-order valence-corrected chi connectivity index (χ3v) is 2.61. The van der Waals surface area contributed by atoms with Crippen LogP contribution in [0.3, 0.4) is 0 Å². The second-order valence-corrected chi connectivity index (χ2v) is 3.89. The molecule has 0 amide bonds. The number of carbonyl (C=O) groups is 1. The molecule has 2 aromatic carbocycles. The molecule has 4 nitrogen and oxygen atoms in total. The number of phenols is 1. The number of rotatable bonds is 4. The van der Waals surface area contributed by atoms with Crippen molar-refractivity contribution in [3.63, 3.8) is 0 Å². The van der Waals surface area contributed by atoms with Crippen molar-refractivity contribution in [2.75, 3.05) is 7.11 Å². The highest BCUT2D eigenvalue weighted by molar-refractivity contribution is 6.11. The molecule has 0 aliphatic rings. The average molecular weight is 292 g/mol. The maximum Gasteiger partial charge on any atom is 0.196 e. The van der Waals surface area contributed by atoms with Gasteiger partial charge in [0.15, 0.2) is 5.78 Å². The van der Waals surface area contributed by atoms with E-state index < -0.39 is 0 Å². The maximum atomic E-state index is 12.3. The van der Waals surface area contributed by atoms with Gasteiger partial charge in [-0.05, 0) is 23.8 Å². The number of oxime groups is 1. The van der Waals surface area contributed by atoms with Gasteiger partial charge in [-0.1, -0.05) is 35.5 Å². The van der Waals surface area contributed by atoms with Crippen LogP contribution in [0.2, 0.25) is 0 Å². The molecule has 0 radical (unpaired) electrons. The predicted octanol–water partition coefficient (Wildman–Crippen LogP) is 3.03. The number of nitrogens with zero attached hydrogens (tertiary/aromatic N) is 1. The summed E-state index contributed by atoms with van der Waals surface area (Å²) < 4.78 is 0. The summed E-state index contributed by atoms with van der Waals surface area (Å²) in [5.41, 5.74) is 1.45. The molecule has 0 heterocycles. The zero-order valence-electron chi connectivity index (χ0n) is 10.8. The first-order chi connectivity index (χ1) is 9.22. The first-order valence-electron chi connectivity index (χ1n) is 5.71. The average Bonchev–Trinajstić information content (AvgIpc) is 2.46. The summed E-state index contributed by atoms with van der Waals surface area (Å²) >= 11 is 0. The van der Waals surface area contributed by atoms with Crippen molar-refractivity contribution < 1.29 is 14.7 Å². The molecule has 0 unspecified atom stereocenters. The van der Waals surface area contributed by atoms with Gasteiger partial charge >= 0.3 is 0 Å². The van der Waals surface area contributed by atoms with Crippen molar-refractivity contribution in [3.05, 3.63) is 65.2 Å². The van der Waals surface area contributed by atoms with Crippen LogP contribution in [0, 0.1) is 0 Å². The lowest BCUT2D eigenvalue weighted by Crippen LogP contribution is -2.02. The Kier molecular flexibility index (Phi) is 5.74. The fourth-order valence-electron chi connectivity index (χ4n) is 1.67. The van der Waals surface area contributed by atoms with Gasteiger partial charge in [0.25, 0.3) is 0 Å². The van der Waals surface area contributed by atoms with Gasteiger partial charge in [-0.3, -0.25) is 4.79 Å². The number of hydrogen-bond acceptors (Lipinski definition) is 4. The molecule has 0 fully saturated rings. The zero-order valence-corrected chi connectivity index (χ0v) is 11.6. The monoisotopic (exact) mass is 291 g/mol. The van der Waals surface area contributed by atoms with E-state index in [2.05, 4.69) is 9.99 Å². The van der Waals surface area contributed by atoms with Crippen LogP contribution in [-0.2, 0) is 4.84 Å². The van der Waals surface area contributed by atoms with Crippen LogP contribution >= 0.6 is 12.4 Å². The van der Waals surface area contributed by atoms with Crippen molar-refractivity contribution in [1.29, 1.82) is 0 Å². The van der Waals surface area contributed by atoms with Gasteiger partial charge in [0.1, 0.15) is 12.9 Å². The van der Waals surface area contributed by atoms with E-state index >= 15 is 0 Å². The van der Waals surface area contributed by atoms with Crippen molar-refractivity contribution in [2.24, 2.45) is 5.16 Å². The maximum absolute atomic E-state index is 12.3. The SMILES string of the molecule is CO/N=C/c1ccc(O)c(C(=O)c2ccccc2)c1.Cl. The number of halogens is 1. The van der Waals surface area contributed by atoms with Gasteiger partial charge in [0.2, 0.25) is 0 Å². The number of benzene rings is 2. The van der Waals surface area contributed by atoms with Crippen LogP contribution in [0.25, 0.3) is 0 Å². The Hall–Kier alpha value is -2.33. The van der Waals surface area contributed by atoms with Gasteiger partial charge in [-0.15, -0.1) is 12.4 Å². The highest BCUT2D eigenvalue weighted by Gasteiger charge is 2.13. The van der Waals surface area contributed by atoms with Crippen LogP contribution in [0.5, 0.6) is 5.75 Å². The van der Waals surface area contributed by atoms with E-state index in [1.54, 1.807) is 36.4 Å². The zero-order chi connectivity index (χ0) is 13.7. The van der Waals surface area contributed by atoms with E-state index in [1.165, 1.54) is 19.4 Å². The molecule has 2 rings (SSSR count). The van der Waals surface area contributed by atoms with Crippen LogP contribution in [0.15, 0.2) is 53.7 Å². The smallest absolute Gasteiger partial charge is 0.196 e. The Morgan fingerprint density at radius 3 is 2.55 bits per heavy atom. The molecule has 0 aliphatic heterocycles. The molecular formula is C15H14ClNO3. The Bertz CT molecular complexity index is 612. The molecule has 0 atom stereocenters. The minimum absolute atomic E-state index is 0. The predicted molar refractivity (Wildman–Crippen MR) is 79.8 cm³/mol. The van der Waals surface area contributed by atoms with Crippen LogP contribution in [-0.4, -0.2) is 24.2 Å². The number of aromatic hydroxyl groups is 1. The van der Waals surface area contributed by atoms with Crippen LogP contribution < -0.4 is 0 Å². The van der Waals surface area contributed by atoms with Gasteiger partial charge in [-0.2, -0.15) is 0 Å². The molecule has 5 heteroatoms. The number of hydrogen-bond donors (Lipinski definition) is 1. The van der Waals surface area contributed by atoms with Gasteiger partial charge in [0, 0.05) is 5.56 Å². The lowest BCUT2D eigenvalue weighted by Gasteiger charge is -2.05. The fourth-order valence-corrected chi connectivity index (χ4v) is 1.67. The molecule has 2 aromatic rings. The molecule has 0 saturated heterocycles. The fraction of sp³-hybridized carbons (Fsp3) is 0.0667. The molecule has 0 aliphatic carbocycles. The van der Waals surface area contributed by atoms with Crippen molar-refractivity contribution in [3.8, 4) is 5.75 Å². The molecule has 0 saturated carbocycles. The van der Waals surface area contributed by atoms with E-state index in [-0.39, 0.29) is 29.5 Å². The minimum Gasteiger partial charge on any atom is -0.507 e. The quantitative estimate of drug-likeness (QED) is 0.535. The summed E-state index contributed by atoms with van der Waals surface area (Å²) in [6.45, 7) is 0. The van der Waals surface area contributed by atoms with Crippen LogP contribution in [0.4, 0.5) is 0 Å². The molecule has 1 N–H and O–H groups in total. The Labute approximate surface area is 123 Å². The topological polar surface area (TPSA) is 58.9 Å². The molecule has 104 valence electrons. The highest BCUT2D eigenvalue weighted by atomic mass is 35.5. The van der Waals surface area contributed by atoms with Gasteiger partial charge in [-0.25, -0.2) is 0 Å². The van der Waals surface area contributed by atoms with E-state index in [1.807, 2.05) is 6.07 Å². The summed E-state index contributed by atoms with van der Waals surface area (Å²) in [7, 11) is 1.44. The molecule has 0 aromatic heterocycles.